The van der Waals surface area contributed by atoms with E-state index in [4.69, 9.17) is 0 Å². The molecule has 3 rings (SSSR count). The molecule has 1 aromatic carbocycles. The van der Waals surface area contributed by atoms with Gasteiger partial charge in [0.15, 0.2) is 0 Å². The summed E-state index contributed by atoms with van der Waals surface area (Å²) < 4.78 is 0. The summed E-state index contributed by atoms with van der Waals surface area (Å²) in [4.78, 5) is 18.5. The fourth-order valence-electron chi connectivity index (χ4n) is 3.53. The molecular weight excluding hydrogens is 310 g/mol. The molecule has 0 unspecified atom stereocenters. The van der Waals surface area contributed by atoms with E-state index in [1.807, 2.05) is 18.3 Å². The Morgan fingerprint density at radius 2 is 2.08 bits per heavy atom. The van der Waals surface area contributed by atoms with E-state index in [1.54, 1.807) is 6.20 Å². The minimum Gasteiger partial charge on any atom is -0.339 e. The number of carbonyl (C=O) groups is 1. The van der Waals surface area contributed by atoms with Crippen LogP contribution in [-0.2, 0) is 11.3 Å². The number of pyridine rings is 1. The molecule has 1 N–H and O–H groups in total. The van der Waals surface area contributed by atoms with Crippen molar-refractivity contribution in [3.8, 4) is 0 Å². The van der Waals surface area contributed by atoms with Crippen molar-refractivity contribution in [2.75, 3.05) is 13.1 Å². The number of likely N-dealkylation sites (tertiary alicyclic amines) is 1. The lowest BCUT2D eigenvalue weighted by atomic mass is 10.00. The number of rotatable bonds is 8. The molecule has 25 heavy (non-hydrogen) atoms. The molecule has 0 radical (unpaired) electrons. The molecule has 0 spiro atoms. The first kappa shape index (κ1) is 17.6. The predicted molar refractivity (Wildman–Crippen MR) is 100 cm³/mol. The largest absolute Gasteiger partial charge is 0.339 e. The van der Waals surface area contributed by atoms with Gasteiger partial charge in [-0.3, -0.25) is 9.78 Å². The van der Waals surface area contributed by atoms with Crippen molar-refractivity contribution in [2.24, 2.45) is 0 Å². The molecule has 2 heterocycles. The van der Waals surface area contributed by atoms with Gasteiger partial charge >= 0.3 is 0 Å². The number of carbonyl (C=O) groups excluding carboxylic acids is 1. The van der Waals surface area contributed by atoms with Crippen molar-refractivity contribution in [3.63, 3.8) is 0 Å². The Bertz CT molecular complexity index is 659. The van der Waals surface area contributed by atoms with Gasteiger partial charge in [0, 0.05) is 37.9 Å². The van der Waals surface area contributed by atoms with E-state index in [1.165, 1.54) is 11.1 Å². The third-order valence-electron chi connectivity index (χ3n) is 5.00. The van der Waals surface area contributed by atoms with Gasteiger partial charge in [-0.1, -0.05) is 43.3 Å². The molecule has 2 atom stereocenters. The molecule has 1 aliphatic heterocycles. The van der Waals surface area contributed by atoms with Crippen LogP contribution < -0.4 is 5.32 Å². The topological polar surface area (TPSA) is 45.2 Å². The number of benzene rings is 1. The summed E-state index contributed by atoms with van der Waals surface area (Å²) in [5, 5.41) is 3.47. The lowest BCUT2D eigenvalue weighted by molar-refractivity contribution is -0.129. The zero-order valence-electron chi connectivity index (χ0n) is 14.9. The van der Waals surface area contributed by atoms with Crippen LogP contribution in [0, 0.1) is 0 Å². The first-order valence-corrected chi connectivity index (χ1v) is 9.18. The fraction of sp³-hybridized carbons (Fsp3) is 0.429. The summed E-state index contributed by atoms with van der Waals surface area (Å²) in [6.07, 6.45) is 6.36. The summed E-state index contributed by atoms with van der Waals surface area (Å²) in [5.74, 6) is 0.675. The number of amides is 1. The Morgan fingerprint density at radius 3 is 2.84 bits per heavy atom. The van der Waals surface area contributed by atoms with Gasteiger partial charge in [-0.25, -0.2) is 0 Å². The number of aromatic nitrogens is 1. The maximum atomic E-state index is 12.3. The molecule has 4 nitrogen and oxygen atoms in total. The number of nitrogens with zero attached hydrogens (tertiary/aromatic N) is 2. The zero-order valence-corrected chi connectivity index (χ0v) is 14.9. The molecule has 1 aromatic heterocycles. The number of nitrogens with one attached hydrogen (secondary N) is 1. The van der Waals surface area contributed by atoms with E-state index in [9.17, 15) is 4.79 Å². The summed E-state index contributed by atoms with van der Waals surface area (Å²) in [6, 6.07) is 14.9. The smallest absolute Gasteiger partial charge is 0.222 e. The predicted octanol–water partition coefficient (Wildman–Crippen LogP) is 3.36. The fourth-order valence-corrected chi connectivity index (χ4v) is 3.53. The van der Waals surface area contributed by atoms with Crippen LogP contribution in [-0.4, -0.2) is 34.9 Å². The minimum absolute atomic E-state index is 0.306. The highest BCUT2D eigenvalue weighted by atomic mass is 16.2. The minimum atomic E-state index is 0.306. The van der Waals surface area contributed by atoms with E-state index in [-0.39, 0.29) is 0 Å². The van der Waals surface area contributed by atoms with Gasteiger partial charge in [0.25, 0.3) is 0 Å². The Labute approximate surface area is 150 Å². The first-order valence-electron chi connectivity index (χ1n) is 9.18. The summed E-state index contributed by atoms with van der Waals surface area (Å²) in [5.41, 5.74) is 2.50. The Hall–Kier alpha value is -2.20. The molecule has 0 bridgehead atoms. The average molecular weight is 337 g/mol. The van der Waals surface area contributed by atoms with Gasteiger partial charge in [-0.2, -0.15) is 0 Å². The number of hydrogen-bond acceptors (Lipinski definition) is 3. The van der Waals surface area contributed by atoms with Crippen LogP contribution in [0.4, 0.5) is 0 Å². The molecule has 1 aliphatic rings. The van der Waals surface area contributed by atoms with Gasteiger partial charge in [0.1, 0.15) is 0 Å². The lowest BCUT2D eigenvalue weighted by Crippen LogP contribution is -2.37. The van der Waals surface area contributed by atoms with E-state index in [2.05, 4.69) is 52.5 Å². The van der Waals surface area contributed by atoms with Gasteiger partial charge in [0.05, 0.1) is 0 Å². The highest BCUT2D eigenvalue weighted by molar-refractivity contribution is 5.78. The lowest BCUT2D eigenvalue weighted by Gasteiger charge is -2.28. The summed E-state index contributed by atoms with van der Waals surface area (Å²) >= 11 is 0. The quantitative estimate of drug-likeness (QED) is 0.751. The van der Waals surface area contributed by atoms with E-state index < -0.39 is 0 Å². The van der Waals surface area contributed by atoms with E-state index >= 15 is 0 Å². The summed E-state index contributed by atoms with van der Waals surface area (Å²) in [7, 11) is 0. The molecule has 0 aliphatic carbocycles. The number of hydrogen-bond donors (Lipinski definition) is 1. The van der Waals surface area contributed by atoms with Crippen molar-refractivity contribution >= 4 is 5.91 Å². The molecule has 4 heteroatoms. The van der Waals surface area contributed by atoms with Gasteiger partial charge in [-0.05, 0) is 42.5 Å². The van der Waals surface area contributed by atoms with Crippen molar-refractivity contribution in [1.29, 1.82) is 0 Å². The van der Waals surface area contributed by atoms with Gasteiger partial charge in [-0.15, -0.1) is 0 Å². The Balaban J connectivity index is 1.48. The second-order valence-electron chi connectivity index (χ2n) is 6.88. The van der Waals surface area contributed by atoms with Crippen molar-refractivity contribution in [2.45, 2.75) is 44.7 Å². The van der Waals surface area contributed by atoms with Crippen LogP contribution in [0.1, 0.15) is 43.2 Å². The SMILES string of the molecule is C[C@H](CN1C(=O)CC[C@@H]1CCNCc1cccnc1)c1ccccc1. The monoisotopic (exact) mass is 337 g/mol. The molecule has 2 aromatic rings. The third-order valence-corrected chi connectivity index (χ3v) is 5.00. The second kappa shape index (κ2) is 8.77. The maximum absolute atomic E-state index is 12.3. The highest BCUT2D eigenvalue weighted by Gasteiger charge is 2.31. The zero-order chi connectivity index (χ0) is 17.5. The third kappa shape index (κ3) is 4.89. The van der Waals surface area contributed by atoms with Crippen LogP contribution in [0.2, 0.25) is 0 Å². The van der Waals surface area contributed by atoms with E-state index in [0.717, 1.165) is 32.5 Å². The van der Waals surface area contributed by atoms with E-state index in [0.29, 0.717) is 24.3 Å². The molecule has 1 saturated heterocycles. The maximum Gasteiger partial charge on any atom is 0.222 e. The second-order valence-corrected chi connectivity index (χ2v) is 6.88. The Kier molecular flexibility index (Phi) is 6.18. The molecule has 1 fully saturated rings. The molecule has 0 saturated carbocycles. The van der Waals surface area contributed by atoms with Crippen molar-refractivity contribution in [1.82, 2.24) is 15.2 Å². The van der Waals surface area contributed by atoms with Crippen LogP contribution in [0.3, 0.4) is 0 Å². The van der Waals surface area contributed by atoms with Crippen molar-refractivity contribution < 1.29 is 4.79 Å². The molecule has 1 amide bonds. The average Bonchev–Trinajstić information content (AvgIpc) is 3.00. The van der Waals surface area contributed by atoms with Crippen LogP contribution >= 0.6 is 0 Å². The molecule has 132 valence electrons. The van der Waals surface area contributed by atoms with Crippen molar-refractivity contribution in [3.05, 3.63) is 66.0 Å². The van der Waals surface area contributed by atoms with Gasteiger partial charge < -0.3 is 10.2 Å². The summed E-state index contributed by atoms with van der Waals surface area (Å²) in [6.45, 7) is 4.77. The van der Waals surface area contributed by atoms with Crippen LogP contribution in [0.25, 0.3) is 0 Å². The Morgan fingerprint density at radius 1 is 1.24 bits per heavy atom. The normalized spacial score (nSPS) is 18.5. The standard InChI is InChI=1S/C21H27N3O/c1-17(19-7-3-2-4-8-19)16-24-20(9-10-21(24)25)11-13-23-15-18-6-5-12-22-14-18/h2-8,12,14,17,20,23H,9-11,13,15-16H2,1H3/t17-,20-/m1/s1. The molecular formula is C21H27N3O. The van der Waals surface area contributed by atoms with Gasteiger partial charge in [0.2, 0.25) is 5.91 Å². The first-order chi connectivity index (χ1) is 12.2. The highest BCUT2D eigenvalue weighted by Crippen LogP contribution is 2.25. The van der Waals surface area contributed by atoms with Crippen LogP contribution in [0.15, 0.2) is 54.9 Å². The van der Waals surface area contributed by atoms with Crippen LogP contribution in [0.5, 0.6) is 0 Å².